The predicted octanol–water partition coefficient (Wildman–Crippen LogP) is 3.97. The first-order valence-electron chi connectivity index (χ1n) is 7.01. The number of imidazole rings is 1. The van der Waals surface area contributed by atoms with Crippen LogP contribution < -0.4 is 5.32 Å². The Bertz CT molecular complexity index is 949. The Morgan fingerprint density at radius 3 is 2.64 bits per heavy atom. The number of carbonyl (C=O) groups excluding carboxylic acids is 1. The molecule has 1 N–H and O–H groups in total. The second-order valence-corrected chi connectivity index (χ2v) is 5.23. The monoisotopic (exact) mass is 355 g/mol. The molecule has 25 heavy (non-hydrogen) atoms. The first-order valence-corrected chi connectivity index (χ1v) is 7.01. The minimum atomic E-state index is -4.52. The van der Waals surface area contributed by atoms with Gasteiger partial charge in [0, 0.05) is 5.69 Å². The number of benzene rings is 2. The van der Waals surface area contributed by atoms with Crippen molar-refractivity contribution >= 4 is 22.6 Å². The molecule has 4 nitrogen and oxygen atoms in total. The number of carbonyl (C=O) groups is 1. The fourth-order valence-electron chi connectivity index (χ4n) is 2.33. The second-order valence-electron chi connectivity index (χ2n) is 5.23. The largest absolute Gasteiger partial charge is 0.416 e. The molecule has 0 unspecified atom stereocenters. The average molecular weight is 355 g/mol. The Labute approximate surface area is 137 Å². The van der Waals surface area contributed by atoms with Gasteiger partial charge in [-0.05, 0) is 30.3 Å². The van der Waals surface area contributed by atoms with Gasteiger partial charge in [0.15, 0.2) is 11.6 Å². The third-order valence-electron chi connectivity index (χ3n) is 3.47. The van der Waals surface area contributed by atoms with E-state index in [4.69, 9.17) is 0 Å². The van der Waals surface area contributed by atoms with Crippen molar-refractivity contribution in [1.82, 2.24) is 9.55 Å². The first-order chi connectivity index (χ1) is 11.8. The van der Waals surface area contributed by atoms with Crippen LogP contribution in [0.2, 0.25) is 0 Å². The number of rotatable bonds is 3. The molecule has 0 aliphatic carbocycles. The molecule has 0 radical (unpaired) electrons. The highest BCUT2D eigenvalue weighted by Crippen LogP contribution is 2.30. The molecule has 2 aromatic carbocycles. The smallest absolute Gasteiger partial charge is 0.325 e. The van der Waals surface area contributed by atoms with Gasteiger partial charge in [-0.3, -0.25) is 4.79 Å². The third-order valence-corrected chi connectivity index (χ3v) is 3.47. The number of hydrogen-bond donors (Lipinski definition) is 1. The van der Waals surface area contributed by atoms with E-state index >= 15 is 0 Å². The van der Waals surface area contributed by atoms with Gasteiger partial charge in [-0.15, -0.1) is 0 Å². The molecule has 0 saturated carbocycles. The molecule has 3 aromatic rings. The SMILES string of the molecule is O=C(Cn1cnc2c(F)c(F)ccc21)Nc1cccc(C(F)(F)F)c1. The van der Waals surface area contributed by atoms with Crippen LogP contribution in [0.25, 0.3) is 11.0 Å². The molecule has 0 spiro atoms. The first kappa shape index (κ1) is 16.9. The number of hydrogen-bond acceptors (Lipinski definition) is 2. The fraction of sp³-hybridized carbons (Fsp3) is 0.125. The number of amides is 1. The molecule has 0 saturated heterocycles. The van der Waals surface area contributed by atoms with Crippen molar-refractivity contribution in [2.45, 2.75) is 12.7 Å². The Morgan fingerprint density at radius 1 is 1.16 bits per heavy atom. The van der Waals surface area contributed by atoms with Crippen molar-refractivity contribution in [2.24, 2.45) is 0 Å². The molecule has 3 rings (SSSR count). The van der Waals surface area contributed by atoms with Crippen LogP contribution in [0.15, 0.2) is 42.7 Å². The van der Waals surface area contributed by atoms with E-state index in [2.05, 4.69) is 10.3 Å². The lowest BCUT2D eigenvalue weighted by Gasteiger charge is -2.10. The van der Waals surface area contributed by atoms with E-state index in [-0.39, 0.29) is 23.3 Å². The maximum Gasteiger partial charge on any atom is 0.416 e. The van der Waals surface area contributed by atoms with Gasteiger partial charge in [0.25, 0.3) is 0 Å². The van der Waals surface area contributed by atoms with E-state index in [1.165, 1.54) is 22.8 Å². The number of anilines is 1. The van der Waals surface area contributed by atoms with Gasteiger partial charge in [0.05, 0.1) is 17.4 Å². The van der Waals surface area contributed by atoms with Gasteiger partial charge in [-0.25, -0.2) is 13.8 Å². The minimum Gasteiger partial charge on any atom is -0.325 e. The van der Waals surface area contributed by atoms with Crippen LogP contribution in [0, 0.1) is 11.6 Å². The predicted molar refractivity (Wildman–Crippen MR) is 79.7 cm³/mol. The lowest BCUT2D eigenvalue weighted by atomic mass is 10.2. The number of nitrogens with one attached hydrogen (secondary N) is 1. The summed E-state index contributed by atoms with van der Waals surface area (Å²) in [6.07, 6.45) is -3.37. The molecule has 1 heterocycles. The summed E-state index contributed by atoms with van der Waals surface area (Å²) in [5, 5.41) is 2.33. The summed E-state index contributed by atoms with van der Waals surface area (Å²) >= 11 is 0. The quantitative estimate of drug-likeness (QED) is 0.723. The van der Waals surface area contributed by atoms with Crippen molar-refractivity contribution in [3.8, 4) is 0 Å². The number of fused-ring (bicyclic) bond motifs is 1. The van der Waals surface area contributed by atoms with E-state index < -0.39 is 29.3 Å². The molecule has 1 amide bonds. The van der Waals surface area contributed by atoms with Crippen LogP contribution in [0.3, 0.4) is 0 Å². The van der Waals surface area contributed by atoms with Crippen LogP contribution >= 0.6 is 0 Å². The molecule has 1 aromatic heterocycles. The van der Waals surface area contributed by atoms with E-state index in [0.29, 0.717) is 0 Å². The Morgan fingerprint density at radius 2 is 1.92 bits per heavy atom. The van der Waals surface area contributed by atoms with E-state index in [1.54, 1.807) is 0 Å². The van der Waals surface area contributed by atoms with Crippen molar-refractivity contribution in [3.63, 3.8) is 0 Å². The van der Waals surface area contributed by atoms with Crippen molar-refractivity contribution in [1.29, 1.82) is 0 Å². The average Bonchev–Trinajstić information content (AvgIpc) is 2.94. The molecule has 0 bridgehead atoms. The molecule has 130 valence electrons. The van der Waals surface area contributed by atoms with Crippen LogP contribution in [0.1, 0.15) is 5.56 Å². The molecular weight excluding hydrogens is 345 g/mol. The topological polar surface area (TPSA) is 46.9 Å². The minimum absolute atomic E-state index is 0.0264. The Balaban J connectivity index is 1.79. The number of halogens is 5. The summed E-state index contributed by atoms with van der Waals surface area (Å²) in [4.78, 5) is 15.7. The number of alkyl halides is 3. The van der Waals surface area contributed by atoms with Gasteiger partial charge in [0.1, 0.15) is 12.1 Å². The molecule has 0 aliphatic rings. The van der Waals surface area contributed by atoms with Crippen LogP contribution in [0.4, 0.5) is 27.6 Å². The van der Waals surface area contributed by atoms with E-state index in [0.717, 1.165) is 24.5 Å². The summed E-state index contributed by atoms with van der Waals surface area (Å²) in [6, 6.07) is 6.34. The van der Waals surface area contributed by atoms with Crippen molar-refractivity contribution < 1.29 is 26.7 Å². The lowest BCUT2D eigenvalue weighted by molar-refractivity contribution is -0.137. The van der Waals surface area contributed by atoms with Gasteiger partial charge in [0.2, 0.25) is 5.91 Å². The van der Waals surface area contributed by atoms with Gasteiger partial charge in [-0.1, -0.05) is 6.07 Å². The molecule has 0 aliphatic heterocycles. The highest BCUT2D eigenvalue weighted by molar-refractivity contribution is 5.91. The van der Waals surface area contributed by atoms with Gasteiger partial charge >= 0.3 is 6.18 Å². The summed E-state index contributed by atoms with van der Waals surface area (Å²) in [6.45, 7) is -0.322. The normalized spacial score (nSPS) is 11.7. The van der Waals surface area contributed by atoms with Crippen molar-refractivity contribution in [3.05, 3.63) is 59.9 Å². The summed E-state index contributed by atoms with van der Waals surface area (Å²) < 4.78 is 66.0. The van der Waals surface area contributed by atoms with Gasteiger partial charge < -0.3 is 9.88 Å². The zero-order valence-corrected chi connectivity index (χ0v) is 12.4. The summed E-state index contributed by atoms with van der Waals surface area (Å²) in [5.74, 6) is -2.83. The zero-order chi connectivity index (χ0) is 18.2. The Hall–Kier alpha value is -2.97. The van der Waals surface area contributed by atoms with Crippen LogP contribution in [-0.4, -0.2) is 15.5 Å². The fourth-order valence-corrected chi connectivity index (χ4v) is 2.33. The lowest BCUT2D eigenvalue weighted by Crippen LogP contribution is -2.18. The molecule has 0 atom stereocenters. The second kappa shape index (κ2) is 6.15. The van der Waals surface area contributed by atoms with Crippen LogP contribution in [-0.2, 0) is 17.5 Å². The highest BCUT2D eigenvalue weighted by atomic mass is 19.4. The summed E-state index contributed by atoms with van der Waals surface area (Å²) in [7, 11) is 0. The molecule has 0 fully saturated rings. The third kappa shape index (κ3) is 3.44. The maximum absolute atomic E-state index is 13.6. The number of aromatic nitrogens is 2. The molecular formula is C16H10F5N3O. The van der Waals surface area contributed by atoms with E-state index in [1.807, 2.05) is 0 Å². The standard InChI is InChI=1S/C16H10F5N3O/c17-11-4-5-12-15(14(11)18)22-8-24(12)7-13(25)23-10-3-1-2-9(6-10)16(19,20)21/h1-6,8H,7H2,(H,23,25). The zero-order valence-electron chi connectivity index (χ0n) is 12.4. The molecule has 9 heteroatoms. The van der Waals surface area contributed by atoms with Crippen molar-refractivity contribution in [2.75, 3.05) is 5.32 Å². The van der Waals surface area contributed by atoms with Gasteiger partial charge in [-0.2, -0.15) is 13.2 Å². The van der Waals surface area contributed by atoms with E-state index in [9.17, 15) is 26.7 Å². The summed E-state index contributed by atoms with van der Waals surface area (Å²) in [5.41, 5.74) is -0.956. The Kier molecular flexibility index (Phi) is 4.15. The number of nitrogens with zero attached hydrogens (tertiary/aromatic N) is 2. The maximum atomic E-state index is 13.6. The highest BCUT2D eigenvalue weighted by Gasteiger charge is 2.30. The van der Waals surface area contributed by atoms with Crippen LogP contribution in [0.5, 0.6) is 0 Å².